The standard InChI is InChI=1S/C27H27F2N5O2S/c1-17-13-19(3)33-27(28,29)34-20(5-6-21(34)14-18(17)2)7-10-25(35)31-11-4-12-36-22-8-9-23-24(15-22)37-26(16-30)32-23/h5-6,8-9,13-15H,4,7,10-12H2,1-3H3,(H,31,35)/b17-13-,18-14+,33-19+. The van der Waals surface area contributed by atoms with Crippen molar-refractivity contribution >= 4 is 39.2 Å². The maximum Gasteiger partial charge on any atom is 0.435 e. The highest BCUT2D eigenvalue weighted by atomic mass is 32.1. The first kappa shape index (κ1) is 26.2. The molecule has 37 heavy (non-hydrogen) atoms. The van der Waals surface area contributed by atoms with E-state index in [1.165, 1.54) is 11.3 Å². The molecule has 1 amide bonds. The summed E-state index contributed by atoms with van der Waals surface area (Å²) in [6.45, 7) is 6.09. The zero-order chi connectivity index (χ0) is 26.6. The molecule has 3 aromatic rings. The zero-order valence-electron chi connectivity index (χ0n) is 20.8. The van der Waals surface area contributed by atoms with E-state index in [2.05, 4.69) is 15.3 Å². The Kier molecular flexibility index (Phi) is 7.83. The fraction of sp³-hybridized carbons (Fsp3) is 0.333. The van der Waals surface area contributed by atoms with Gasteiger partial charge in [0.15, 0.2) is 5.01 Å². The summed E-state index contributed by atoms with van der Waals surface area (Å²) < 4.78 is 37.6. The average Bonchev–Trinajstić information content (AvgIpc) is 3.45. The normalized spacial score (nSPS) is 19.1. The highest BCUT2D eigenvalue weighted by Gasteiger charge is 2.34. The third-order valence-corrected chi connectivity index (χ3v) is 6.88. The molecule has 192 valence electrons. The highest BCUT2D eigenvalue weighted by molar-refractivity contribution is 7.19. The Labute approximate surface area is 217 Å². The monoisotopic (exact) mass is 523 g/mol. The van der Waals surface area contributed by atoms with Crippen molar-refractivity contribution in [1.29, 1.82) is 5.26 Å². The third-order valence-electron chi connectivity index (χ3n) is 5.96. The summed E-state index contributed by atoms with van der Waals surface area (Å²) in [4.78, 5) is 20.2. The van der Waals surface area contributed by atoms with Gasteiger partial charge in [-0.2, -0.15) is 14.0 Å². The fourth-order valence-electron chi connectivity index (χ4n) is 4.05. The fourth-order valence-corrected chi connectivity index (χ4v) is 4.84. The molecule has 0 saturated carbocycles. The number of hydrogen-bond donors (Lipinski definition) is 1. The lowest BCUT2D eigenvalue weighted by Crippen LogP contribution is -2.28. The minimum atomic E-state index is -3.46. The number of nitrogens with zero attached hydrogens (tertiary/aromatic N) is 4. The number of alkyl halides is 2. The Morgan fingerprint density at radius 2 is 1.97 bits per heavy atom. The van der Waals surface area contributed by atoms with Crippen LogP contribution < -0.4 is 10.1 Å². The van der Waals surface area contributed by atoms with Gasteiger partial charge in [-0.15, -0.1) is 11.3 Å². The second kappa shape index (κ2) is 11.0. The van der Waals surface area contributed by atoms with E-state index in [1.54, 1.807) is 43.3 Å². The molecule has 0 unspecified atom stereocenters. The molecule has 0 saturated heterocycles. The van der Waals surface area contributed by atoms with Crippen LogP contribution in [0, 0.1) is 11.3 Å². The van der Waals surface area contributed by atoms with Gasteiger partial charge in [0.2, 0.25) is 5.91 Å². The second-order valence-electron chi connectivity index (χ2n) is 8.81. The van der Waals surface area contributed by atoms with Crippen molar-refractivity contribution in [3.05, 3.63) is 63.9 Å². The lowest BCUT2D eigenvalue weighted by molar-refractivity contribution is -0.121. The van der Waals surface area contributed by atoms with Crippen LogP contribution in [0.2, 0.25) is 0 Å². The van der Waals surface area contributed by atoms with Gasteiger partial charge in [-0.05, 0) is 87.2 Å². The molecule has 0 spiro atoms. The number of carbonyl (C=O) groups is 1. The minimum absolute atomic E-state index is 0.0757. The lowest BCUT2D eigenvalue weighted by Gasteiger charge is -2.19. The maximum atomic E-state index is 15.1. The minimum Gasteiger partial charge on any atom is -0.493 e. The maximum absolute atomic E-state index is 15.1. The number of thiazole rings is 1. The molecule has 1 aliphatic rings. The number of ether oxygens (including phenoxy) is 1. The molecular weight excluding hydrogens is 496 g/mol. The van der Waals surface area contributed by atoms with Gasteiger partial charge >= 0.3 is 6.17 Å². The van der Waals surface area contributed by atoms with Gasteiger partial charge in [-0.1, -0.05) is 0 Å². The summed E-state index contributed by atoms with van der Waals surface area (Å²) >= 11 is 1.30. The third kappa shape index (κ3) is 6.30. The van der Waals surface area contributed by atoms with E-state index < -0.39 is 6.17 Å². The van der Waals surface area contributed by atoms with E-state index in [9.17, 15) is 4.79 Å². The molecule has 0 fully saturated rings. The first-order chi connectivity index (χ1) is 17.7. The number of aryl methyl sites for hydroxylation is 1. The van der Waals surface area contributed by atoms with Gasteiger partial charge in [0, 0.05) is 30.1 Å². The Balaban J connectivity index is 1.29. The molecule has 3 heterocycles. The SMILES string of the molecule is CC1=C/C(C)=N/C(F)(F)n2c(ccc2CCC(=O)NCCCOc2ccc3nc(C#N)sc3c2)\C=C\1C. The predicted molar refractivity (Wildman–Crippen MR) is 141 cm³/mol. The number of amides is 1. The molecule has 0 atom stereocenters. The van der Waals surface area contributed by atoms with Gasteiger partial charge in [0.1, 0.15) is 11.8 Å². The number of halogens is 2. The molecular formula is C27H27F2N5O2S. The van der Waals surface area contributed by atoms with E-state index in [-0.39, 0.29) is 24.5 Å². The van der Waals surface area contributed by atoms with Crippen LogP contribution in [-0.2, 0) is 17.4 Å². The highest BCUT2D eigenvalue weighted by Crippen LogP contribution is 2.32. The molecule has 0 aliphatic carbocycles. The topological polar surface area (TPSA) is 92.3 Å². The Morgan fingerprint density at radius 3 is 2.76 bits per heavy atom. The van der Waals surface area contributed by atoms with Crippen molar-refractivity contribution < 1.29 is 18.3 Å². The Hall–Kier alpha value is -3.84. The van der Waals surface area contributed by atoms with Crippen molar-refractivity contribution in [3.63, 3.8) is 0 Å². The molecule has 0 radical (unpaired) electrons. The molecule has 4 rings (SSSR count). The molecule has 1 aromatic carbocycles. The predicted octanol–water partition coefficient (Wildman–Crippen LogP) is 5.82. The van der Waals surface area contributed by atoms with Crippen molar-refractivity contribution in [2.75, 3.05) is 13.2 Å². The summed E-state index contributed by atoms with van der Waals surface area (Å²) in [6.07, 6.45) is 0.719. The van der Waals surface area contributed by atoms with Gasteiger partial charge in [-0.25, -0.2) is 9.98 Å². The Bertz CT molecular complexity index is 1460. The van der Waals surface area contributed by atoms with Gasteiger partial charge < -0.3 is 10.1 Å². The summed E-state index contributed by atoms with van der Waals surface area (Å²) in [5.41, 5.74) is 3.43. The van der Waals surface area contributed by atoms with Crippen molar-refractivity contribution in [3.8, 4) is 11.8 Å². The molecule has 10 heteroatoms. The van der Waals surface area contributed by atoms with Crippen LogP contribution in [0.25, 0.3) is 16.3 Å². The van der Waals surface area contributed by atoms with E-state index >= 15 is 8.78 Å². The first-order valence-electron chi connectivity index (χ1n) is 11.9. The molecule has 1 aliphatic heterocycles. The molecule has 0 bridgehead atoms. The summed E-state index contributed by atoms with van der Waals surface area (Å²) in [5.74, 6) is 0.446. The first-order valence-corrected chi connectivity index (χ1v) is 12.7. The number of fused-ring (bicyclic) bond motifs is 2. The van der Waals surface area contributed by atoms with E-state index in [0.29, 0.717) is 41.7 Å². The van der Waals surface area contributed by atoms with Crippen LogP contribution in [-0.4, -0.2) is 34.3 Å². The molecule has 1 N–H and O–H groups in total. The smallest absolute Gasteiger partial charge is 0.435 e. The number of benzene rings is 1. The summed E-state index contributed by atoms with van der Waals surface area (Å²) in [6, 6.07) is 10.7. The largest absolute Gasteiger partial charge is 0.493 e. The van der Waals surface area contributed by atoms with Crippen LogP contribution in [0.3, 0.4) is 0 Å². The Morgan fingerprint density at radius 1 is 1.19 bits per heavy atom. The number of carbonyl (C=O) groups excluding carboxylic acids is 1. The zero-order valence-corrected chi connectivity index (χ0v) is 21.7. The van der Waals surface area contributed by atoms with Crippen LogP contribution in [0.5, 0.6) is 5.75 Å². The van der Waals surface area contributed by atoms with Crippen molar-refractivity contribution in [2.24, 2.45) is 4.99 Å². The van der Waals surface area contributed by atoms with E-state index in [1.807, 2.05) is 26.0 Å². The van der Waals surface area contributed by atoms with E-state index in [0.717, 1.165) is 25.9 Å². The van der Waals surface area contributed by atoms with Gasteiger partial charge in [0.05, 0.1) is 16.8 Å². The number of rotatable bonds is 8. The van der Waals surface area contributed by atoms with Crippen LogP contribution >= 0.6 is 11.3 Å². The number of aliphatic imine (C=N–C) groups is 1. The number of aromatic nitrogens is 2. The van der Waals surface area contributed by atoms with Crippen LogP contribution in [0.15, 0.2) is 52.5 Å². The number of hydrogen-bond acceptors (Lipinski definition) is 6. The summed E-state index contributed by atoms with van der Waals surface area (Å²) in [7, 11) is 0. The van der Waals surface area contributed by atoms with Crippen LogP contribution in [0.1, 0.15) is 50.0 Å². The number of nitrogens with one attached hydrogen (secondary N) is 1. The average molecular weight is 524 g/mol. The van der Waals surface area contributed by atoms with Gasteiger partial charge in [-0.3, -0.25) is 9.36 Å². The van der Waals surface area contributed by atoms with Crippen molar-refractivity contribution in [2.45, 2.75) is 46.2 Å². The number of allylic oxidation sites excluding steroid dienone is 3. The van der Waals surface area contributed by atoms with Crippen LogP contribution in [0.4, 0.5) is 8.78 Å². The van der Waals surface area contributed by atoms with E-state index in [4.69, 9.17) is 10.00 Å². The lowest BCUT2D eigenvalue weighted by atomic mass is 10.1. The number of nitriles is 1. The second-order valence-corrected chi connectivity index (χ2v) is 9.85. The van der Waals surface area contributed by atoms with Crippen molar-refractivity contribution in [1.82, 2.24) is 14.9 Å². The van der Waals surface area contributed by atoms with Gasteiger partial charge in [0.25, 0.3) is 0 Å². The molecule has 2 aromatic heterocycles. The summed E-state index contributed by atoms with van der Waals surface area (Å²) in [5, 5.41) is 12.2. The molecule has 7 nitrogen and oxygen atoms in total. The quantitative estimate of drug-likeness (QED) is 0.298.